The fourth-order valence-corrected chi connectivity index (χ4v) is 2.31. The molecule has 0 spiro atoms. The summed E-state index contributed by atoms with van der Waals surface area (Å²) < 4.78 is 5.21. The standard InChI is InChI=1S/C18H23NO/c1-3-13-19-18(16-7-5-4-6-8-16)14-15-9-11-17(20-2)12-10-15/h4-12,18-19H,3,13-14H2,1-2H3. The first-order valence-electron chi connectivity index (χ1n) is 7.24. The Balaban J connectivity index is 2.10. The molecule has 0 aliphatic heterocycles. The maximum absolute atomic E-state index is 5.21. The van der Waals surface area contributed by atoms with Gasteiger partial charge in [0.25, 0.3) is 0 Å². The zero-order valence-electron chi connectivity index (χ0n) is 12.3. The van der Waals surface area contributed by atoms with Gasteiger partial charge in [0, 0.05) is 6.04 Å². The zero-order chi connectivity index (χ0) is 14.2. The lowest BCUT2D eigenvalue weighted by atomic mass is 9.98. The molecule has 0 radical (unpaired) electrons. The van der Waals surface area contributed by atoms with Crippen LogP contribution in [0.1, 0.15) is 30.5 Å². The largest absolute Gasteiger partial charge is 0.497 e. The second kappa shape index (κ2) is 7.71. The molecule has 0 aliphatic carbocycles. The highest BCUT2D eigenvalue weighted by molar-refractivity contribution is 5.29. The van der Waals surface area contributed by atoms with Crippen molar-refractivity contribution in [1.82, 2.24) is 5.32 Å². The van der Waals surface area contributed by atoms with Crippen LogP contribution in [0.2, 0.25) is 0 Å². The van der Waals surface area contributed by atoms with Crippen LogP contribution in [0.25, 0.3) is 0 Å². The first-order valence-corrected chi connectivity index (χ1v) is 7.24. The highest BCUT2D eigenvalue weighted by atomic mass is 16.5. The summed E-state index contributed by atoms with van der Waals surface area (Å²) in [6.45, 7) is 3.23. The van der Waals surface area contributed by atoms with Crippen LogP contribution in [0.5, 0.6) is 5.75 Å². The van der Waals surface area contributed by atoms with Crippen LogP contribution < -0.4 is 10.1 Å². The van der Waals surface area contributed by atoms with E-state index in [1.807, 2.05) is 12.1 Å². The molecular weight excluding hydrogens is 246 g/mol. The fraction of sp³-hybridized carbons (Fsp3) is 0.333. The van der Waals surface area contributed by atoms with Crippen molar-refractivity contribution in [2.75, 3.05) is 13.7 Å². The molecule has 0 aromatic heterocycles. The van der Waals surface area contributed by atoms with Crippen LogP contribution in [0.4, 0.5) is 0 Å². The smallest absolute Gasteiger partial charge is 0.118 e. The van der Waals surface area contributed by atoms with Gasteiger partial charge in [-0.3, -0.25) is 0 Å². The molecule has 0 aliphatic rings. The minimum Gasteiger partial charge on any atom is -0.497 e. The normalized spacial score (nSPS) is 12.1. The summed E-state index contributed by atoms with van der Waals surface area (Å²) in [5, 5.41) is 3.63. The van der Waals surface area contributed by atoms with Crippen molar-refractivity contribution in [2.45, 2.75) is 25.8 Å². The summed E-state index contributed by atoms with van der Waals surface area (Å²) >= 11 is 0. The summed E-state index contributed by atoms with van der Waals surface area (Å²) in [6.07, 6.45) is 2.14. The zero-order valence-corrected chi connectivity index (χ0v) is 12.3. The molecule has 2 rings (SSSR count). The quantitative estimate of drug-likeness (QED) is 0.821. The highest BCUT2D eigenvalue weighted by Crippen LogP contribution is 2.20. The second-order valence-corrected chi connectivity index (χ2v) is 4.97. The molecule has 1 N–H and O–H groups in total. The van der Waals surface area contributed by atoms with Gasteiger partial charge < -0.3 is 10.1 Å². The summed E-state index contributed by atoms with van der Waals surface area (Å²) in [5.41, 5.74) is 2.67. The molecular formula is C18H23NO. The monoisotopic (exact) mass is 269 g/mol. The molecule has 2 aromatic carbocycles. The van der Waals surface area contributed by atoms with Gasteiger partial charge in [-0.25, -0.2) is 0 Å². The highest BCUT2D eigenvalue weighted by Gasteiger charge is 2.11. The third-order valence-electron chi connectivity index (χ3n) is 3.44. The van der Waals surface area contributed by atoms with E-state index >= 15 is 0 Å². The Kier molecular flexibility index (Phi) is 5.63. The van der Waals surface area contributed by atoms with Crippen molar-refractivity contribution in [3.63, 3.8) is 0 Å². The number of benzene rings is 2. The number of rotatable bonds is 7. The molecule has 0 saturated heterocycles. The molecule has 2 aromatic rings. The molecule has 20 heavy (non-hydrogen) atoms. The Hall–Kier alpha value is -1.80. The Labute approximate surface area is 121 Å². The van der Waals surface area contributed by atoms with Crippen molar-refractivity contribution in [3.05, 3.63) is 65.7 Å². The molecule has 106 valence electrons. The average Bonchev–Trinajstić information content (AvgIpc) is 2.53. The first-order chi connectivity index (χ1) is 9.83. The minimum absolute atomic E-state index is 0.365. The lowest BCUT2D eigenvalue weighted by Crippen LogP contribution is -2.24. The third-order valence-corrected chi connectivity index (χ3v) is 3.44. The van der Waals surface area contributed by atoms with Gasteiger partial charge in [0.1, 0.15) is 5.75 Å². The molecule has 1 atom stereocenters. The molecule has 2 heteroatoms. The van der Waals surface area contributed by atoms with Crippen molar-refractivity contribution in [2.24, 2.45) is 0 Å². The van der Waals surface area contributed by atoms with Crippen molar-refractivity contribution in [1.29, 1.82) is 0 Å². The molecule has 0 amide bonds. The van der Waals surface area contributed by atoms with E-state index in [-0.39, 0.29) is 0 Å². The maximum Gasteiger partial charge on any atom is 0.118 e. The van der Waals surface area contributed by atoms with Crippen molar-refractivity contribution < 1.29 is 4.74 Å². The van der Waals surface area contributed by atoms with E-state index in [2.05, 4.69) is 54.7 Å². The number of hydrogen-bond acceptors (Lipinski definition) is 2. The van der Waals surface area contributed by atoms with Crippen LogP contribution in [-0.2, 0) is 6.42 Å². The Morgan fingerprint density at radius 3 is 2.30 bits per heavy atom. The van der Waals surface area contributed by atoms with Crippen molar-refractivity contribution >= 4 is 0 Å². The van der Waals surface area contributed by atoms with Gasteiger partial charge in [-0.05, 0) is 42.6 Å². The van der Waals surface area contributed by atoms with Crippen LogP contribution >= 0.6 is 0 Å². The molecule has 0 heterocycles. The second-order valence-electron chi connectivity index (χ2n) is 4.97. The van der Waals surface area contributed by atoms with Gasteiger partial charge in [-0.1, -0.05) is 49.4 Å². The maximum atomic E-state index is 5.21. The summed E-state index contributed by atoms with van der Waals surface area (Å²) in [4.78, 5) is 0. The van der Waals surface area contributed by atoms with Gasteiger partial charge in [0.15, 0.2) is 0 Å². The van der Waals surface area contributed by atoms with Gasteiger partial charge >= 0.3 is 0 Å². The van der Waals surface area contributed by atoms with Gasteiger partial charge in [0.05, 0.1) is 7.11 Å². The topological polar surface area (TPSA) is 21.3 Å². The summed E-state index contributed by atoms with van der Waals surface area (Å²) in [5.74, 6) is 0.909. The average molecular weight is 269 g/mol. The van der Waals surface area contributed by atoms with Crippen LogP contribution in [0.3, 0.4) is 0 Å². The van der Waals surface area contributed by atoms with E-state index in [1.54, 1.807) is 7.11 Å². The molecule has 0 bridgehead atoms. The van der Waals surface area contributed by atoms with E-state index in [4.69, 9.17) is 4.74 Å². The predicted octanol–water partition coefficient (Wildman–Crippen LogP) is 3.98. The van der Waals surface area contributed by atoms with Gasteiger partial charge in [-0.2, -0.15) is 0 Å². The Morgan fingerprint density at radius 2 is 1.70 bits per heavy atom. The van der Waals surface area contributed by atoms with E-state index in [0.717, 1.165) is 25.1 Å². The lowest BCUT2D eigenvalue weighted by Gasteiger charge is -2.19. The first kappa shape index (κ1) is 14.6. The molecule has 1 unspecified atom stereocenters. The molecule has 0 fully saturated rings. The number of nitrogens with one attached hydrogen (secondary N) is 1. The van der Waals surface area contributed by atoms with Gasteiger partial charge in [-0.15, -0.1) is 0 Å². The molecule has 0 saturated carbocycles. The SMILES string of the molecule is CCCNC(Cc1ccc(OC)cc1)c1ccccc1. The number of methoxy groups -OCH3 is 1. The molecule has 2 nitrogen and oxygen atoms in total. The van der Waals surface area contributed by atoms with E-state index in [9.17, 15) is 0 Å². The van der Waals surface area contributed by atoms with Crippen molar-refractivity contribution in [3.8, 4) is 5.75 Å². The predicted molar refractivity (Wildman–Crippen MR) is 84.2 cm³/mol. The minimum atomic E-state index is 0.365. The van der Waals surface area contributed by atoms with Gasteiger partial charge in [0.2, 0.25) is 0 Å². The third kappa shape index (κ3) is 4.10. The number of ether oxygens (including phenoxy) is 1. The van der Waals surface area contributed by atoms with Crippen LogP contribution in [-0.4, -0.2) is 13.7 Å². The van der Waals surface area contributed by atoms with E-state index < -0.39 is 0 Å². The summed E-state index contributed by atoms with van der Waals surface area (Å²) in [7, 11) is 1.70. The number of hydrogen-bond donors (Lipinski definition) is 1. The van der Waals surface area contributed by atoms with E-state index in [1.165, 1.54) is 11.1 Å². The van der Waals surface area contributed by atoms with Crippen LogP contribution in [0, 0.1) is 0 Å². The fourth-order valence-electron chi connectivity index (χ4n) is 2.31. The van der Waals surface area contributed by atoms with E-state index in [0.29, 0.717) is 6.04 Å². The lowest BCUT2D eigenvalue weighted by molar-refractivity contribution is 0.414. The summed E-state index contributed by atoms with van der Waals surface area (Å²) in [6, 6.07) is 19.3. The van der Waals surface area contributed by atoms with Crippen LogP contribution in [0.15, 0.2) is 54.6 Å². The Morgan fingerprint density at radius 1 is 1.00 bits per heavy atom. The Bertz CT molecular complexity index is 493.